The highest BCUT2D eigenvalue weighted by Gasteiger charge is 2.33. The first kappa shape index (κ1) is 29.3. The van der Waals surface area contributed by atoms with Gasteiger partial charge in [0.15, 0.2) is 0 Å². The van der Waals surface area contributed by atoms with Crippen LogP contribution in [0.2, 0.25) is 0 Å². The van der Waals surface area contributed by atoms with Gasteiger partial charge in [-0.25, -0.2) is 25.3 Å². The largest absolute Gasteiger partial charge is 0.496 e. The molecule has 0 fully saturated rings. The van der Waals surface area contributed by atoms with Crippen LogP contribution in [0.4, 0.5) is 0 Å². The smallest absolute Gasteiger partial charge is 0.265 e. The van der Waals surface area contributed by atoms with Crippen molar-refractivity contribution < 1.29 is 44.5 Å². The summed E-state index contributed by atoms with van der Waals surface area (Å²) in [6.07, 6.45) is 0. The van der Waals surface area contributed by atoms with Crippen LogP contribution in [0.1, 0.15) is 0 Å². The lowest BCUT2D eigenvalue weighted by atomic mass is 9.93. The molecule has 0 aliphatic carbocycles. The molecule has 0 aromatic heterocycles. The molecule has 0 saturated carbocycles. The third-order valence-corrected chi connectivity index (χ3v) is 11.7. The second-order valence-electron chi connectivity index (χ2n) is 8.31. The summed E-state index contributed by atoms with van der Waals surface area (Å²) in [7, 11) is -4.61. The Bertz CT molecular complexity index is 1850. The molecule has 0 aliphatic rings. The van der Waals surface area contributed by atoms with Gasteiger partial charge >= 0.3 is 0 Å². The van der Waals surface area contributed by atoms with Crippen molar-refractivity contribution in [3.8, 4) is 5.75 Å². The first-order chi connectivity index (χ1) is 18.2. The van der Waals surface area contributed by atoms with Crippen molar-refractivity contribution >= 4 is 62.4 Å². The normalized spacial score (nSPS) is 13.6. The average molecular weight is 602 g/mol. The monoisotopic (exact) mass is 601 g/mol. The number of nitrogens with zero attached hydrogens (tertiary/aromatic N) is 3. The van der Waals surface area contributed by atoms with Crippen molar-refractivity contribution in [1.29, 1.82) is 0 Å². The van der Waals surface area contributed by atoms with Gasteiger partial charge in [-0.1, -0.05) is 31.6 Å². The Balaban J connectivity index is 2.36. The van der Waals surface area contributed by atoms with Crippen LogP contribution >= 0.6 is 0 Å². The first-order valence-corrected chi connectivity index (χ1v) is 15.4. The lowest BCUT2D eigenvalue weighted by molar-refractivity contribution is -0.0261. The van der Waals surface area contributed by atoms with Gasteiger partial charge < -0.3 is 4.74 Å². The van der Waals surface area contributed by atoms with Gasteiger partial charge in [-0.3, -0.25) is 14.5 Å². The summed E-state index contributed by atoms with van der Waals surface area (Å²) in [5.41, 5.74) is 0. The van der Waals surface area contributed by atoms with E-state index in [4.69, 9.17) is 19.2 Å². The van der Waals surface area contributed by atoms with Crippen LogP contribution in [0.25, 0.3) is 32.3 Å². The van der Waals surface area contributed by atoms with Crippen molar-refractivity contribution in [2.24, 2.45) is 0 Å². The van der Waals surface area contributed by atoms with Gasteiger partial charge in [-0.15, -0.1) is 0 Å². The second-order valence-corrected chi connectivity index (χ2v) is 14.0. The fourth-order valence-electron chi connectivity index (χ4n) is 4.38. The molecule has 0 atom stereocenters. The van der Waals surface area contributed by atoms with Gasteiger partial charge in [-0.05, 0) is 12.1 Å². The number of hydrogen-bond acceptors (Lipinski definition) is 10. The maximum Gasteiger partial charge on any atom is 0.265 e. The molecule has 0 bridgehead atoms. The molecule has 0 saturated heterocycles. The Morgan fingerprint density at radius 3 is 1.15 bits per heavy atom. The van der Waals surface area contributed by atoms with Crippen LogP contribution in [0.5, 0.6) is 5.75 Å². The van der Waals surface area contributed by atoms with Crippen LogP contribution in [0.15, 0.2) is 51.1 Å². The van der Waals surface area contributed by atoms with Crippen molar-refractivity contribution in [2.45, 2.75) is 14.7 Å². The Kier molecular flexibility index (Phi) is 7.56. The minimum absolute atomic E-state index is 0.141. The first-order valence-electron chi connectivity index (χ1n) is 11.1. The fraction of sp³-hybridized carbons (Fsp3) is 0.304. The number of sulfonamides is 3. The van der Waals surface area contributed by atoms with E-state index in [0.717, 1.165) is 34.4 Å². The number of benzene rings is 4. The third-order valence-electron chi connectivity index (χ3n) is 6.59. The van der Waals surface area contributed by atoms with Gasteiger partial charge in [0.05, 0.1) is 43.1 Å². The molecule has 212 valence electrons. The summed E-state index contributed by atoms with van der Waals surface area (Å²) in [4.78, 5) is 13.9. The molecule has 0 heterocycles. The average Bonchev–Trinajstić information content (AvgIpc) is 2.93. The van der Waals surface area contributed by atoms with Crippen LogP contribution < -0.4 is 4.74 Å². The third kappa shape index (κ3) is 4.32. The molecule has 0 amide bonds. The molecule has 4 aromatic carbocycles. The fourth-order valence-corrected chi connectivity index (χ4v) is 8.01. The van der Waals surface area contributed by atoms with E-state index in [0.29, 0.717) is 18.8 Å². The molecule has 16 heteroatoms. The lowest BCUT2D eigenvalue weighted by Gasteiger charge is -2.23. The minimum Gasteiger partial charge on any atom is -0.496 e. The summed E-state index contributed by atoms with van der Waals surface area (Å²) >= 11 is 0. The molecule has 0 spiro atoms. The number of ether oxygens (including phenoxy) is 1. The lowest BCUT2D eigenvalue weighted by Crippen LogP contribution is -2.28. The van der Waals surface area contributed by atoms with Gasteiger partial charge in [-0.2, -0.15) is 0 Å². The number of hydrogen-bond donors (Lipinski definition) is 0. The van der Waals surface area contributed by atoms with E-state index in [-0.39, 0.29) is 47.4 Å². The highest BCUT2D eigenvalue weighted by atomic mass is 32.2. The van der Waals surface area contributed by atoms with Crippen LogP contribution in [-0.4, -0.2) is 88.2 Å². The maximum atomic E-state index is 13.5. The van der Waals surface area contributed by atoms with Gasteiger partial charge in [0.25, 0.3) is 30.1 Å². The molecular formula is C23H27N3O10S3. The Hall–Kier alpha value is -2.67. The van der Waals surface area contributed by atoms with E-state index >= 15 is 0 Å². The summed E-state index contributed by atoms with van der Waals surface area (Å²) < 4.78 is 88.3. The highest BCUT2D eigenvalue weighted by molar-refractivity contribution is 7.90. The SMILES string of the molecule is COc1cc(S(=O)(=O)N(C)OC)c2ccc3c(S(=O)(=O)N(C)OC)cc(S(=O)(=O)N(C)OC)c4ccc1c2c43. The highest BCUT2D eigenvalue weighted by Crippen LogP contribution is 2.46. The van der Waals surface area contributed by atoms with E-state index in [1.54, 1.807) is 6.07 Å². The van der Waals surface area contributed by atoms with Crippen LogP contribution in [-0.2, 0) is 44.6 Å². The van der Waals surface area contributed by atoms with E-state index in [9.17, 15) is 25.3 Å². The van der Waals surface area contributed by atoms with E-state index in [2.05, 4.69) is 0 Å². The zero-order valence-corrected chi connectivity index (χ0v) is 24.6. The quantitative estimate of drug-likeness (QED) is 0.195. The summed E-state index contributed by atoms with van der Waals surface area (Å²) in [6.45, 7) is 0. The standard InChI is InChI=1S/C23H27N3O10S3/c1-24(34-5)37(27,28)19-12-18(33-4)14-8-9-16-20(38(29,30)25(2)35-6)13-21(39(31,32)26(3)36-7)17-11-10-15(19)22(14)23(16)17/h8-13H,1-7H3. The Labute approximate surface area is 226 Å². The van der Waals surface area contributed by atoms with E-state index < -0.39 is 30.1 Å². The zero-order valence-electron chi connectivity index (χ0n) is 22.1. The molecule has 4 rings (SSSR count). The van der Waals surface area contributed by atoms with Crippen LogP contribution in [0, 0.1) is 0 Å². The molecular weight excluding hydrogens is 574 g/mol. The Morgan fingerprint density at radius 2 is 0.821 bits per heavy atom. The number of rotatable bonds is 10. The molecule has 0 radical (unpaired) electrons. The number of methoxy groups -OCH3 is 1. The molecule has 39 heavy (non-hydrogen) atoms. The van der Waals surface area contributed by atoms with E-state index in [1.807, 2.05) is 0 Å². The molecule has 0 unspecified atom stereocenters. The van der Waals surface area contributed by atoms with Crippen molar-refractivity contribution in [1.82, 2.24) is 13.4 Å². The summed E-state index contributed by atoms with van der Waals surface area (Å²) in [5, 5.41) is 1.38. The molecule has 0 aliphatic heterocycles. The maximum absolute atomic E-state index is 13.5. The van der Waals surface area contributed by atoms with Crippen LogP contribution in [0.3, 0.4) is 0 Å². The van der Waals surface area contributed by atoms with Gasteiger partial charge in [0, 0.05) is 59.5 Å². The van der Waals surface area contributed by atoms with E-state index in [1.165, 1.54) is 45.5 Å². The summed E-state index contributed by atoms with van der Waals surface area (Å²) in [6, 6.07) is 8.34. The molecule has 4 aromatic rings. The number of hydroxylamine groups is 3. The molecule has 0 N–H and O–H groups in total. The predicted molar refractivity (Wildman–Crippen MR) is 143 cm³/mol. The molecule has 13 nitrogen and oxygen atoms in total. The van der Waals surface area contributed by atoms with Crippen molar-refractivity contribution in [3.05, 3.63) is 36.4 Å². The topological polar surface area (TPSA) is 149 Å². The minimum atomic E-state index is -4.39. The van der Waals surface area contributed by atoms with Gasteiger partial charge in [0.2, 0.25) is 0 Å². The van der Waals surface area contributed by atoms with Crippen molar-refractivity contribution in [3.63, 3.8) is 0 Å². The van der Waals surface area contributed by atoms with Crippen molar-refractivity contribution in [2.75, 3.05) is 49.6 Å². The zero-order chi connectivity index (χ0) is 29.1. The summed E-state index contributed by atoms with van der Waals surface area (Å²) in [5.74, 6) is 0.167. The Morgan fingerprint density at radius 1 is 0.513 bits per heavy atom. The predicted octanol–water partition coefficient (Wildman–Crippen LogP) is 2.14. The second kappa shape index (κ2) is 10.1. The van der Waals surface area contributed by atoms with Gasteiger partial charge in [0.1, 0.15) is 5.75 Å².